The number of nitrogens with one attached hydrogen (secondary N) is 1. The van der Waals surface area contributed by atoms with E-state index in [1.165, 1.54) is 37.2 Å². The van der Waals surface area contributed by atoms with Crippen LogP contribution in [0.5, 0.6) is 11.5 Å². The summed E-state index contributed by atoms with van der Waals surface area (Å²) in [7, 11) is -1.14. The van der Waals surface area contributed by atoms with Crippen LogP contribution in [-0.4, -0.2) is 37.1 Å². The van der Waals surface area contributed by atoms with Gasteiger partial charge in [0.15, 0.2) is 0 Å². The summed E-state index contributed by atoms with van der Waals surface area (Å²) in [6.45, 7) is 1.67. The first-order chi connectivity index (χ1) is 14.2. The summed E-state index contributed by atoms with van der Waals surface area (Å²) in [4.78, 5) is 14.4. The van der Waals surface area contributed by atoms with Gasteiger partial charge in [0.05, 0.1) is 36.9 Å². The summed E-state index contributed by atoms with van der Waals surface area (Å²) in [5, 5.41) is 11.2. The van der Waals surface area contributed by atoms with Crippen molar-refractivity contribution < 1.29 is 22.8 Å². The summed E-state index contributed by atoms with van der Waals surface area (Å²) in [6, 6.07) is 8.64. The molecule has 0 unspecified atom stereocenters. The van der Waals surface area contributed by atoms with Gasteiger partial charge in [-0.3, -0.25) is 10.1 Å². The second-order valence-electron chi connectivity index (χ2n) is 6.33. The Kier molecular flexibility index (Phi) is 6.04. The monoisotopic (exact) mass is 432 g/mol. The highest BCUT2D eigenvalue weighted by Gasteiger charge is 2.24. The van der Waals surface area contributed by atoms with Crippen LogP contribution in [0.3, 0.4) is 0 Å². The third kappa shape index (κ3) is 4.42. The van der Waals surface area contributed by atoms with Crippen LogP contribution in [-0.2, 0) is 16.6 Å². The Balaban J connectivity index is 1.99. The topological polar surface area (TPSA) is 126 Å². The standard InChI is InChI=1S/C19H20N4O6S/c1-13-11-22(12-20-13)17-7-5-15(23(24)25)8-19(17)30(26,27)21-10-14-4-6-16(28-2)9-18(14)29-3/h4-9,11-12,21H,10H2,1-3H3. The van der Waals surface area contributed by atoms with E-state index in [1.54, 1.807) is 31.3 Å². The Morgan fingerprint density at radius 1 is 1.17 bits per heavy atom. The first-order valence-corrected chi connectivity index (χ1v) is 10.2. The van der Waals surface area contributed by atoms with Crippen LogP contribution in [0.4, 0.5) is 5.69 Å². The molecule has 0 aliphatic carbocycles. The predicted molar refractivity (Wildman–Crippen MR) is 109 cm³/mol. The van der Waals surface area contributed by atoms with E-state index in [9.17, 15) is 18.5 Å². The van der Waals surface area contributed by atoms with E-state index in [4.69, 9.17) is 9.47 Å². The van der Waals surface area contributed by atoms with Gasteiger partial charge < -0.3 is 14.0 Å². The van der Waals surface area contributed by atoms with E-state index >= 15 is 0 Å². The quantitative estimate of drug-likeness (QED) is 0.428. The van der Waals surface area contributed by atoms with Crippen molar-refractivity contribution in [3.05, 3.63) is 70.3 Å². The predicted octanol–water partition coefficient (Wildman–Crippen LogP) is 2.58. The first-order valence-electron chi connectivity index (χ1n) is 8.75. The number of sulfonamides is 1. The summed E-state index contributed by atoms with van der Waals surface area (Å²) in [5.41, 5.74) is 1.16. The number of methoxy groups -OCH3 is 2. The van der Waals surface area contributed by atoms with Crippen molar-refractivity contribution in [2.24, 2.45) is 0 Å². The number of imidazole rings is 1. The van der Waals surface area contributed by atoms with E-state index in [1.807, 2.05) is 0 Å². The van der Waals surface area contributed by atoms with Gasteiger partial charge in [0.2, 0.25) is 10.0 Å². The Hall–Kier alpha value is -3.44. The number of non-ortho nitro benzene ring substituents is 1. The van der Waals surface area contributed by atoms with E-state index in [2.05, 4.69) is 9.71 Å². The average Bonchev–Trinajstić information content (AvgIpc) is 3.17. The van der Waals surface area contributed by atoms with Crippen LogP contribution in [0, 0.1) is 17.0 Å². The number of aromatic nitrogens is 2. The van der Waals surface area contributed by atoms with Crippen molar-refractivity contribution >= 4 is 15.7 Å². The summed E-state index contributed by atoms with van der Waals surface area (Å²) in [5.74, 6) is 1.01. The van der Waals surface area contributed by atoms with Crippen molar-refractivity contribution in [1.29, 1.82) is 0 Å². The van der Waals surface area contributed by atoms with Crippen LogP contribution >= 0.6 is 0 Å². The minimum absolute atomic E-state index is 0.0827. The van der Waals surface area contributed by atoms with Crippen molar-refractivity contribution in [3.63, 3.8) is 0 Å². The molecule has 3 aromatic rings. The lowest BCUT2D eigenvalue weighted by Crippen LogP contribution is -2.25. The van der Waals surface area contributed by atoms with Gasteiger partial charge in [0.1, 0.15) is 16.4 Å². The minimum Gasteiger partial charge on any atom is -0.497 e. The third-order valence-corrected chi connectivity index (χ3v) is 5.81. The van der Waals surface area contributed by atoms with Gasteiger partial charge in [-0.25, -0.2) is 18.1 Å². The fourth-order valence-electron chi connectivity index (χ4n) is 2.85. The number of aryl methyl sites for hydroxylation is 1. The maximum absolute atomic E-state index is 13.1. The second-order valence-corrected chi connectivity index (χ2v) is 8.07. The molecule has 1 N–H and O–H groups in total. The van der Waals surface area contributed by atoms with Gasteiger partial charge >= 0.3 is 0 Å². The van der Waals surface area contributed by atoms with E-state index < -0.39 is 14.9 Å². The average molecular weight is 432 g/mol. The number of ether oxygens (including phenoxy) is 2. The molecule has 0 fully saturated rings. The van der Waals surface area contributed by atoms with Crippen LogP contribution in [0.15, 0.2) is 53.8 Å². The van der Waals surface area contributed by atoms with Gasteiger partial charge in [-0.2, -0.15) is 0 Å². The molecule has 2 aromatic carbocycles. The molecule has 0 spiro atoms. The molecule has 10 nitrogen and oxygen atoms in total. The minimum atomic E-state index is -4.11. The van der Waals surface area contributed by atoms with Crippen molar-refractivity contribution in [2.45, 2.75) is 18.4 Å². The second kappa shape index (κ2) is 8.51. The van der Waals surface area contributed by atoms with Gasteiger partial charge in [-0.1, -0.05) is 6.07 Å². The number of nitro groups is 1. The van der Waals surface area contributed by atoms with Gasteiger partial charge in [0.25, 0.3) is 5.69 Å². The van der Waals surface area contributed by atoms with Crippen LogP contribution in [0.1, 0.15) is 11.3 Å². The molecule has 0 aliphatic rings. The zero-order chi connectivity index (χ0) is 21.9. The van der Waals surface area contributed by atoms with Gasteiger partial charge in [-0.15, -0.1) is 0 Å². The van der Waals surface area contributed by atoms with E-state index in [0.29, 0.717) is 22.8 Å². The molecule has 30 heavy (non-hydrogen) atoms. The molecule has 11 heteroatoms. The maximum Gasteiger partial charge on any atom is 0.270 e. The number of nitrogens with zero attached hydrogens (tertiary/aromatic N) is 3. The van der Waals surface area contributed by atoms with Crippen LogP contribution in [0.25, 0.3) is 5.69 Å². The number of rotatable bonds is 8. The Morgan fingerprint density at radius 3 is 2.53 bits per heavy atom. The SMILES string of the molecule is COc1ccc(CNS(=O)(=O)c2cc([N+](=O)[O-])ccc2-n2cnc(C)c2)c(OC)c1. The zero-order valence-corrected chi connectivity index (χ0v) is 17.3. The molecule has 3 rings (SSSR count). The van der Waals surface area contributed by atoms with Gasteiger partial charge in [-0.05, 0) is 19.1 Å². The summed E-state index contributed by atoms with van der Waals surface area (Å²) < 4.78 is 40.6. The largest absolute Gasteiger partial charge is 0.497 e. The molecule has 0 saturated carbocycles. The van der Waals surface area contributed by atoms with Crippen LogP contribution in [0.2, 0.25) is 0 Å². The number of benzene rings is 2. The molecule has 158 valence electrons. The maximum atomic E-state index is 13.1. The van der Waals surface area contributed by atoms with Crippen molar-refractivity contribution in [3.8, 4) is 17.2 Å². The molecule has 0 aliphatic heterocycles. The fraction of sp³-hybridized carbons (Fsp3) is 0.211. The summed E-state index contributed by atoms with van der Waals surface area (Å²) >= 11 is 0. The van der Waals surface area contributed by atoms with E-state index in [0.717, 1.165) is 6.07 Å². The van der Waals surface area contributed by atoms with Crippen LogP contribution < -0.4 is 14.2 Å². The highest BCUT2D eigenvalue weighted by atomic mass is 32.2. The highest BCUT2D eigenvalue weighted by Crippen LogP contribution is 2.28. The lowest BCUT2D eigenvalue weighted by atomic mass is 10.2. The molecule has 1 heterocycles. The van der Waals surface area contributed by atoms with Gasteiger partial charge in [0, 0.05) is 36.5 Å². The Labute approximate surface area is 173 Å². The molecule has 0 radical (unpaired) electrons. The number of hydrogen-bond donors (Lipinski definition) is 1. The molecule has 0 saturated heterocycles. The van der Waals surface area contributed by atoms with Crippen molar-refractivity contribution in [1.82, 2.24) is 14.3 Å². The molecule has 0 amide bonds. The highest BCUT2D eigenvalue weighted by molar-refractivity contribution is 7.89. The Morgan fingerprint density at radius 2 is 1.93 bits per heavy atom. The number of nitro benzene ring substituents is 1. The zero-order valence-electron chi connectivity index (χ0n) is 16.5. The first kappa shape index (κ1) is 21.3. The normalized spacial score (nSPS) is 11.3. The number of hydrogen-bond acceptors (Lipinski definition) is 7. The molecular formula is C19H20N4O6S. The molecular weight excluding hydrogens is 412 g/mol. The molecule has 0 atom stereocenters. The van der Waals surface area contributed by atoms with Crippen molar-refractivity contribution in [2.75, 3.05) is 14.2 Å². The summed E-state index contributed by atoms with van der Waals surface area (Å²) in [6.07, 6.45) is 3.08. The lowest BCUT2D eigenvalue weighted by molar-refractivity contribution is -0.385. The lowest BCUT2D eigenvalue weighted by Gasteiger charge is -2.14. The molecule has 1 aromatic heterocycles. The molecule has 0 bridgehead atoms. The van der Waals surface area contributed by atoms with E-state index in [-0.39, 0.29) is 22.8 Å². The smallest absolute Gasteiger partial charge is 0.270 e. The fourth-order valence-corrected chi connectivity index (χ4v) is 4.07. The third-order valence-electron chi connectivity index (χ3n) is 4.38. The Bertz CT molecular complexity index is 1190.